The van der Waals surface area contributed by atoms with Crippen LogP contribution in [0.25, 0.3) is 45.1 Å². The van der Waals surface area contributed by atoms with Gasteiger partial charge in [-0.15, -0.1) is 0 Å². The number of rotatable bonds is 5. The Balaban J connectivity index is 0.000000151. The highest BCUT2D eigenvalue weighted by Crippen LogP contribution is 2.43. The Hall–Kier alpha value is -3.28. The Morgan fingerprint density at radius 2 is 0.662 bits per heavy atom. The van der Waals surface area contributed by atoms with Crippen LogP contribution in [0.5, 0.6) is 0 Å². The molecule has 0 unspecified atom stereocenters. The SMILES string of the molecule is Brc1ccc(-c2nc3cc(Br)ccc3o2)cc1.CC1(C)OB(B2OC(C)(C)C(C)(C)O2)OC1(C)C.CC1(C)OB(c2ccc(-c3nc4cc(B5OC(C)(C)C(C)(C)O5)ccc4o3)cc2)OC1(C)C. The summed E-state index contributed by atoms with van der Waals surface area (Å²) < 4.78 is 62.3. The van der Waals surface area contributed by atoms with Gasteiger partial charge in [-0.1, -0.05) is 50.1 Å². The van der Waals surface area contributed by atoms with Crippen molar-refractivity contribution in [1.82, 2.24) is 9.97 Å². The molecule has 2 aromatic heterocycles. The van der Waals surface area contributed by atoms with Crippen molar-refractivity contribution in [3.8, 4) is 22.9 Å². The molecule has 0 atom stereocenters. The number of hydrogen-bond donors (Lipinski definition) is 0. The van der Waals surface area contributed by atoms with Gasteiger partial charge >= 0.3 is 28.3 Å². The minimum Gasteiger partial charge on any atom is -0.436 e. The van der Waals surface area contributed by atoms with E-state index in [1.54, 1.807) is 0 Å². The van der Waals surface area contributed by atoms with E-state index in [0.29, 0.717) is 11.8 Å². The topological polar surface area (TPSA) is 126 Å². The van der Waals surface area contributed by atoms with Crippen molar-refractivity contribution >= 4 is 93.2 Å². The number of hydrogen-bond acceptors (Lipinski definition) is 12. The molecule has 4 saturated heterocycles. The van der Waals surface area contributed by atoms with E-state index in [9.17, 15) is 0 Å². The normalized spacial score (nSPS) is 22.3. The summed E-state index contributed by atoms with van der Waals surface area (Å²) in [4.78, 5) is 9.18. The smallest absolute Gasteiger partial charge is 0.436 e. The van der Waals surface area contributed by atoms with Crippen LogP contribution in [-0.4, -0.2) is 83.0 Å². The first-order valence-electron chi connectivity index (χ1n) is 23.1. The predicted molar refractivity (Wildman–Crippen MR) is 278 cm³/mol. The van der Waals surface area contributed by atoms with Gasteiger partial charge in [0.2, 0.25) is 11.8 Å². The summed E-state index contributed by atoms with van der Waals surface area (Å²) in [5.74, 6) is 1.21. The van der Waals surface area contributed by atoms with Gasteiger partial charge in [0.1, 0.15) is 11.0 Å². The first kappa shape index (κ1) is 51.1. The van der Waals surface area contributed by atoms with Crippen LogP contribution < -0.4 is 10.9 Å². The Kier molecular flexibility index (Phi) is 13.4. The summed E-state index contributed by atoms with van der Waals surface area (Å²) >= 11 is 6.82. The van der Waals surface area contributed by atoms with Gasteiger partial charge in [0, 0.05) is 20.1 Å². The van der Waals surface area contributed by atoms with Gasteiger partial charge in [-0.2, -0.15) is 0 Å². The maximum absolute atomic E-state index is 6.18. The fourth-order valence-electron chi connectivity index (χ4n) is 7.57. The van der Waals surface area contributed by atoms with E-state index in [1.807, 2.05) is 168 Å². The molecular formula is C50H62B4Br2N2O10. The third kappa shape index (κ3) is 9.98. The summed E-state index contributed by atoms with van der Waals surface area (Å²) in [5.41, 5.74) is 3.96. The molecule has 6 aromatic rings. The summed E-state index contributed by atoms with van der Waals surface area (Å²) in [7, 11) is -1.78. The maximum atomic E-state index is 6.18. The monoisotopic (exact) mass is 1050 g/mol. The third-order valence-electron chi connectivity index (χ3n) is 14.8. The van der Waals surface area contributed by atoms with Crippen LogP contribution in [0, 0.1) is 0 Å². The molecule has 0 spiro atoms. The lowest BCUT2D eigenvalue weighted by Gasteiger charge is -2.32. The molecule has 10 rings (SSSR count). The Morgan fingerprint density at radius 1 is 0.353 bits per heavy atom. The van der Waals surface area contributed by atoms with Gasteiger partial charge in [-0.05, 0) is 188 Å². The van der Waals surface area contributed by atoms with Gasteiger partial charge in [0.05, 0.1) is 44.8 Å². The second-order valence-corrected chi connectivity index (χ2v) is 23.8. The lowest BCUT2D eigenvalue weighted by molar-refractivity contribution is 0.00578. The van der Waals surface area contributed by atoms with E-state index in [0.717, 1.165) is 53.2 Å². The summed E-state index contributed by atoms with van der Waals surface area (Å²) in [5, 5.41) is 0. The zero-order valence-electron chi connectivity index (χ0n) is 42.1. The van der Waals surface area contributed by atoms with Crippen LogP contribution in [0.1, 0.15) is 111 Å². The molecule has 68 heavy (non-hydrogen) atoms. The van der Waals surface area contributed by atoms with Gasteiger partial charge in [-0.3, -0.25) is 0 Å². The highest BCUT2D eigenvalue weighted by Gasteiger charge is 2.64. The highest BCUT2D eigenvalue weighted by molar-refractivity contribution is 9.10. The van der Waals surface area contributed by atoms with Gasteiger partial charge < -0.3 is 46.1 Å². The highest BCUT2D eigenvalue weighted by atomic mass is 79.9. The minimum atomic E-state index is -0.476. The number of halogens is 2. The lowest BCUT2D eigenvalue weighted by Crippen LogP contribution is -2.41. The van der Waals surface area contributed by atoms with Crippen molar-refractivity contribution in [3.63, 3.8) is 0 Å². The van der Waals surface area contributed by atoms with Crippen molar-refractivity contribution in [3.05, 3.63) is 93.9 Å². The molecule has 358 valence electrons. The number of oxazole rings is 2. The molecule has 4 fully saturated rings. The van der Waals surface area contributed by atoms with E-state index in [2.05, 4.69) is 64.5 Å². The van der Waals surface area contributed by atoms with Crippen molar-refractivity contribution in [1.29, 1.82) is 0 Å². The summed E-state index contributed by atoms with van der Waals surface area (Å²) in [6.07, 6.45) is 0. The van der Waals surface area contributed by atoms with E-state index < -0.39 is 28.3 Å². The second kappa shape index (κ2) is 17.8. The average Bonchev–Trinajstić information content (AvgIpc) is 4.04. The van der Waals surface area contributed by atoms with Gasteiger partial charge in [0.25, 0.3) is 0 Å². The molecule has 0 radical (unpaired) electrons. The van der Waals surface area contributed by atoms with Crippen molar-refractivity contribution in [2.45, 2.75) is 156 Å². The fraction of sp³-hybridized carbons (Fsp3) is 0.480. The molecule has 6 heterocycles. The Labute approximate surface area is 419 Å². The van der Waals surface area contributed by atoms with E-state index >= 15 is 0 Å². The molecule has 4 aliphatic heterocycles. The predicted octanol–water partition coefficient (Wildman–Crippen LogP) is 11.4. The Morgan fingerprint density at radius 3 is 1.07 bits per heavy atom. The average molecular weight is 1050 g/mol. The molecule has 0 amide bonds. The summed E-state index contributed by atoms with van der Waals surface area (Å²) in [6.45, 7) is 32.6. The standard InChI is InChI=1S/C25H31B2NO5.C13H7Br2NO.C12H24B2O4/c1-22(2)23(3,4)31-26(30-22)17-11-9-16(10-12-17)21-28-19-15-18(13-14-20(19)29-21)27-32-24(5,6)25(7,8)33-27;14-9-3-1-8(2-4-9)13-16-11-7-10(15)5-6-12(11)17-13;1-9(2)10(3,4)16-13(15-9)14-17-11(5,6)12(7,8)18-14/h9-15H,1-8H3;1-7H;1-8H3. The summed E-state index contributed by atoms with van der Waals surface area (Å²) in [6, 6.07) is 27.5. The van der Waals surface area contributed by atoms with Crippen LogP contribution >= 0.6 is 31.9 Å². The van der Waals surface area contributed by atoms with Crippen molar-refractivity contribution in [2.75, 3.05) is 0 Å². The number of aromatic nitrogens is 2. The molecule has 4 aromatic carbocycles. The number of benzene rings is 4. The van der Waals surface area contributed by atoms with E-state index in [4.69, 9.17) is 51.1 Å². The van der Waals surface area contributed by atoms with Gasteiger partial charge in [0.15, 0.2) is 11.2 Å². The maximum Gasteiger partial charge on any atom is 0.494 e. The molecule has 0 saturated carbocycles. The van der Waals surface area contributed by atoms with Crippen LogP contribution in [0.3, 0.4) is 0 Å². The quantitative estimate of drug-likeness (QED) is 0.153. The van der Waals surface area contributed by atoms with E-state index in [-0.39, 0.29) is 44.8 Å². The molecular weight excluding hydrogens is 992 g/mol. The Bertz CT molecular complexity index is 2690. The van der Waals surface area contributed by atoms with Crippen LogP contribution in [0.15, 0.2) is 103 Å². The molecule has 18 heteroatoms. The molecule has 12 nitrogen and oxygen atoms in total. The third-order valence-corrected chi connectivity index (χ3v) is 15.8. The fourth-order valence-corrected chi connectivity index (χ4v) is 8.19. The number of nitrogens with zero attached hydrogens (tertiary/aromatic N) is 2. The van der Waals surface area contributed by atoms with Crippen molar-refractivity contribution < 1.29 is 46.1 Å². The van der Waals surface area contributed by atoms with Crippen molar-refractivity contribution in [2.24, 2.45) is 0 Å². The zero-order chi connectivity index (χ0) is 49.6. The zero-order valence-corrected chi connectivity index (χ0v) is 45.3. The van der Waals surface area contributed by atoms with Crippen LogP contribution in [0.4, 0.5) is 0 Å². The van der Waals surface area contributed by atoms with Crippen LogP contribution in [0.2, 0.25) is 0 Å². The second-order valence-electron chi connectivity index (χ2n) is 21.9. The molecule has 0 bridgehead atoms. The number of fused-ring (bicyclic) bond motifs is 2. The largest absolute Gasteiger partial charge is 0.494 e. The molecule has 0 N–H and O–H groups in total. The van der Waals surface area contributed by atoms with Gasteiger partial charge in [-0.25, -0.2) is 9.97 Å². The first-order valence-corrected chi connectivity index (χ1v) is 24.7. The molecule has 0 aliphatic carbocycles. The van der Waals surface area contributed by atoms with Crippen LogP contribution in [-0.2, 0) is 37.2 Å². The minimum absolute atomic E-state index is 0.360. The molecule has 4 aliphatic rings. The van der Waals surface area contributed by atoms with E-state index in [1.165, 1.54) is 0 Å². The first-order chi connectivity index (χ1) is 31.4. The lowest BCUT2D eigenvalue weighted by atomic mass is 9.49.